The molecule has 0 atom stereocenters. The molecular weight excluding hydrogens is 377 g/mol. The normalized spacial score (nSPS) is 12.9. The molecule has 0 spiro atoms. The number of fused-ring (bicyclic) bond motifs is 1. The van der Waals surface area contributed by atoms with E-state index < -0.39 is 0 Å². The fraction of sp³-hybridized carbons (Fsp3) is 0.133. The van der Waals surface area contributed by atoms with Crippen molar-refractivity contribution in [3.8, 4) is 5.75 Å². The molecule has 0 amide bonds. The fourth-order valence-corrected chi connectivity index (χ4v) is 3.29. The Labute approximate surface area is 140 Å². The Bertz CT molecular complexity index is 762. The lowest BCUT2D eigenvalue weighted by atomic mass is 9.99. The first-order valence-corrected chi connectivity index (χ1v) is 7.76. The standard InChI is InChI=1S/C15H10BrCl2NO2/c16-8-3-7-1-2-21-15(7)11(4-8)14(20)10-5-9(19)6-12(17)13(10)18/h3-6H,1-2,19H2. The molecular formula is C15H10BrCl2NO2. The van der Waals surface area contributed by atoms with E-state index in [0.29, 0.717) is 23.6 Å². The zero-order chi connectivity index (χ0) is 15.1. The summed E-state index contributed by atoms with van der Waals surface area (Å²) < 4.78 is 6.40. The van der Waals surface area contributed by atoms with Crippen LogP contribution in [0.5, 0.6) is 5.75 Å². The Hall–Kier alpha value is -1.23. The quantitative estimate of drug-likeness (QED) is 0.610. The van der Waals surface area contributed by atoms with Gasteiger partial charge in [-0.2, -0.15) is 0 Å². The van der Waals surface area contributed by atoms with Crippen LogP contribution in [0, 0.1) is 0 Å². The highest BCUT2D eigenvalue weighted by Crippen LogP contribution is 2.37. The summed E-state index contributed by atoms with van der Waals surface area (Å²) in [5.41, 5.74) is 7.87. The van der Waals surface area contributed by atoms with Crippen molar-refractivity contribution in [2.45, 2.75) is 6.42 Å². The van der Waals surface area contributed by atoms with Gasteiger partial charge in [0.1, 0.15) is 5.75 Å². The van der Waals surface area contributed by atoms with Gasteiger partial charge in [0.05, 0.1) is 22.2 Å². The summed E-state index contributed by atoms with van der Waals surface area (Å²) in [6, 6.07) is 6.72. The van der Waals surface area contributed by atoms with Gasteiger partial charge in [-0.05, 0) is 29.8 Å². The van der Waals surface area contributed by atoms with Crippen LogP contribution in [0.3, 0.4) is 0 Å². The summed E-state index contributed by atoms with van der Waals surface area (Å²) in [5.74, 6) is 0.353. The highest BCUT2D eigenvalue weighted by atomic mass is 79.9. The number of hydrogen-bond acceptors (Lipinski definition) is 3. The van der Waals surface area contributed by atoms with Gasteiger partial charge in [-0.25, -0.2) is 0 Å². The second-order valence-electron chi connectivity index (χ2n) is 4.73. The third kappa shape index (κ3) is 2.63. The van der Waals surface area contributed by atoms with Crippen molar-refractivity contribution in [1.29, 1.82) is 0 Å². The molecule has 1 heterocycles. The Morgan fingerprint density at radius 2 is 1.95 bits per heavy atom. The maximum absolute atomic E-state index is 12.8. The third-order valence-corrected chi connectivity index (χ3v) is 4.55. The second-order valence-corrected chi connectivity index (χ2v) is 6.43. The molecule has 1 aliphatic rings. The minimum absolute atomic E-state index is 0.197. The highest BCUT2D eigenvalue weighted by Gasteiger charge is 2.25. The maximum atomic E-state index is 12.8. The minimum Gasteiger partial charge on any atom is -0.492 e. The first-order chi connectivity index (χ1) is 9.97. The van der Waals surface area contributed by atoms with Crippen LogP contribution in [0.15, 0.2) is 28.7 Å². The average Bonchev–Trinajstić information content (AvgIpc) is 2.89. The highest BCUT2D eigenvalue weighted by molar-refractivity contribution is 9.10. The van der Waals surface area contributed by atoms with Gasteiger partial charge >= 0.3 is 0 Å². The smallest absolute Gasteiger partial charge is 0.198 e. The van der Waals surface area contributed by atoms with Crippen molar-refractivity contribution in [3.05, 3.63) is 55.5 Å². The molecule has 0 radical (unpaired) electrons. The van der Waals surface area contributed by atoms with Gasteiger partial charge in [0, 0.05) is 22.1 Å². The van der Waals surface area contributed by atoms with Gasteiger partial charge in [-0.15, -0.1) is 0 Å². The maximum Gasteiger partial charge on any atom is 0.198 e. The van der Waals surface area contributed by atoms with Gasteiger partial charge in [0.2, 0.25) is 0 Å². The number of carbonyl (C=O) groups is 1. The van der Waals surface area contributed by atoms with E-state index in [2.05, 4.69) is 15.9 Å². The average molecular weight is 387 g/mol. The monoisotopic (exact) mass is 385 g/mol. The molecule has 0 saturated heterocycles. The molecule has 2 N–H and O–H groups in total. The fourth-order valence-electron chi connectivity index (χ4n) is 2.36. The molecule has 0 bridgehead atoms. The minimum atomic E-state index is -0.256. The van der Waals surface area contributed by atoms with Crippen LogP contribution in [-0.2, 0) is 6.42 Å². The number of anilines is 1. The summed E-state index contributed by atoms with van der Waals surface area (Å²) in [7, 11) is 0. The topological polar surface area (TPSA) is 52.3 Å². The van der Waals surface area contributed by atoms with Crippen molar-refractivity contribution in [2.24, 2.45) is 0 Å². The lowest BCUT2D eigenvalue weighted by molar-refractivity contribution is 0.103. The van der Waals surface area contributed by atoms with Crippen LogP contribution in [-0.4, -0.2) is 12.4 Å². The molecule has 2 aromatic rings. The summed E-state index contributed by atoms with van der Waals surface area (Å²) in [6.07, 6.45) is 0.778. The van der Waals surface area contributed by atoms with Crippen LogP contribution in [0.1, 0.15) is 21.5 Å². The van der Waals surface area contributed by atoms with Crippen LogP contribution in [0.4, 0.5) is 5.69 Å². The van der Waals surface area contributed by atoms with Gasteiger partial charge in [0.25, 0.3) is 0 Å². The number of ether oxygens (including phenoxy) is 1. The zero-order valence-electron chi connectivity index (χ0n) is 10.8. The molecule has 0 aromatic heterocycles. The van der Waals surface area contributed by atoms with Gasteiger partial charge < -0.3 is 10.5 Å². The van der Waals surface area contributed by atoms with Crippen molar-refractivity contribution in [2.75, 3.05) is 12.3 Å². The molecule has 0 saturated carbocycles. The van der Waals surface area contributed by atoms with E-state index in [-0.39, 0.29) is 21.4 Å². The van der Waals surface area contributed by atoms with Crippen LogP contribution in [0.25, 0.3) is 0 Å². The number of hydrogen-bond donors (Lipinski definition) is 1. The predicted octanol–water partition coefficient (Wildman–Crippen LogP) is 4.50. The predicted molar refractivity (Wildman–Crippen MR) is 87.6 cm³/mol. The van der Waals surface area contributed by atoms with E-state index in [1.165, 1.54) is 12.1 Å². The van der Waals surface area contributed by atoms with Gasteiger partial charge in [-0.3, -0.25) is 4.79 Å². The molecule has 0 unspecified atom stereocenters. The number of halogens is 3. The van der Waals surface area contributed by atoms with Gasteiger partial charge in [-0.1, -0.05) is 39.1 Å². The van der Waals surface area contributed by atoms with Crippen LogP contribution in [0.2, 0.25) is 10.0 Å². The third-order valence-electron chi connectivity index (χ3n) is 3.29. The van der Waals surface area contributed by atoms with E-state index in [0.717, 1.165) is 16.5 Å². The van der Waals surface area contributed by atoms with Crippen LogP contribution < -0.4 is 10.5 Å². The molecule has 2 aromatic carbocycles. The van der Waals surface area contributed by atoms with E-state index in [1.807, 2.05) is 6.07 Å². The van der Waals surface area contributed by atoms with Gasteiger partial charge in [0.15, 0.2) is 5.78 Å². The Balaban J connectivity index is 2.16. The van der Waals surface area contributed by atoms with Crippen molar-refractivity contribution < 1.29 is 9.53 Å². The molecule has 21 heavy (non-hydrogen) atoms. The lowest BCUT2D eigenvalue weighted by Crippen LogP contribution is -2.06. The summed E-state index contributed by atoms with van der Waals surface area (Å²) in [4.78, 5) is 12.8. The summed E-state index contributed by atoms with van der Waals surface area (Å²) >= 11 is 15.5. The summed E-state index contributed by atoms with van der Waals surface area (Å²) in [6.45, 7) is 0.567. The first-order valence-electron chi connectivity index (χ1n) is 6.22. The van der Waals surface area contributed by atoms with Crippen molar-refractivity contribution >= 4 is 50.6 Å². The lowest BCUT2D eigenvalue weighted by Gasteiger charge is -2.11. The largest absolute Gasteiger partial charge is 0.492 e. The summed E-state index contributed by atoms with van der Waals surface area (Å²) in [5, 5.41) is 0.454. The Morgan fingerprint density at radius 1 is 1.19 bits per heavy atom. The SMILES string of the molecule is Nc1cc(Cl)c(Cl)c(C(=O)c2cc(Br)cc3c2OCC3)c1. The zero-order valence-corrected chi connectivity index (χ0v) is 13.8. The number of rotatable bonds is 2. The van der Waals surface area contributed by atoms with E-state index in [1.54, 1.807) is 6.07 Å². The first kappa shape index (κ1) is 14.7. The second kappa shape index (κ2) is 5.52. The molecule has 0 fully saturated rings. The molecule has 0 aliphatic carbocycles. The number of benzene rings is 2. The number of carbonyl (C=O) groups excluding carboxylic acids is 1. The van der Waals surface area contributed by atoms with Crippen LogP contribution >= 0.6 is 39.1 Å². The molecule has 3 rings (SSSR count). The van der Waals surface area contributed by atoms with E-state index in [9.17, 15) is 4.79 Å². The molecule has 1 aliphatic heterocycles. The van der Waals surface area contributed by atoms with E-state index in [4.69, 9.17) is 33.7 Å². The Kier molecular flexibility index (Phi) is 3.86. The van der Waals surface area contributed by atoms with Crippen molar-refractivity contribution in [1.82, 2.24) is 0 Å². The molecule has 6 heteroatoms. The molecule has 3 nitrogen and oxygen atoms in total. The number of nitrogens with two attached hydrogens (primary N) is 1. The Morgan fingerprint density at radius 3 is 2.71 bits per heavy atom. The van der Waals surface area contributed by atoms with Crippen molar-refractivity contribution in [3.63, 3.8) is 0 Å². The number of ketones is 1. The molecule has 108 valence electrons. The number of nitrogen functional groups attached to an aromatic ring is 1. The van der Waals surface area contributed by atoms with E-state index >= 15 is 0 Å².